The van der Waals surface area contributed by atoms with Gasteiger partial charge in [-0.3, -0.25) is 11.3 Å². The van der Waals surface area contributed by atoms with Gasteiger partial charge in [0.1, 0.15) is 5.82 Å². The van der Waals surface area contributed by atoms with Gasteiger partial charge in [0.05, 0.1) is 0 Å². The summed E-state index contributed by atoms with van der Waals surface area (Å²) in [5, 5.41) is 0. The number of hydrogen-bond acceptors (Lipinski definition) is 3. The van der Waals surface area contributed by atoms with Crippen molar-refractivity contribution in [2.45, 2.75) is 49.5 Å². The molecule has 0 spiro atoms. The summed E-state index contributed by atoms with van der Waals surface area (Å²) >= 11 is 1.67. The molecule has 1 aromatic rings. The molecule has 0 amide bonds. The van der Waals surface area contributed by atoms with Crippen LogP contribution in [0, 0.1) is 11.7 Å². The highest BCUT2D eigenvalue weighted by atomic mass is 32.2. The van der Waals surface area contributed by atoms with E-state index in [0.29, 0.717) is 6.04 Å². The molecular weight excluding hydrogens is 259 g/mol. The summed E-state index contributed by atoms with van der Waals surface area (Å²) < 4.78 is 13.1. The summed E-state index contributed by atoms with van der Waals surface area (Å²) in [6.45, 7) is 0. The first-order valence-electron chi connectivity index (χ1n) is 7.12. The topological polar surface area (TPSA) is 38.0 Å². The van der Waals surface area contributed by atoms with Crippen LogP contribution in [0.3, 0.4) is 0 Å². The maximum Gasteiger partial charge on any atom is 0.124 e. The van der Waals surface area contributed by atoms with E-state index in [1.165, 1.54) is 38.2 Å². The number of nitrogens with two attached hydrogens (primary N) is 1. The van der Waals surface area contributed by atoms with Gasteiger partial charge in [-0.1, -0.05) is 31.7 Å². The lowest BCUT2D eigenvalue weighted by Crippen LogP contribution is -2.37. The molecule has 3 N–H and O–H groups in total. The Morgan fingerprint density at radius 1 is 1.37 bits per heavy atom. The largest absolute Gasteiger partial charge is 0.271 e. The lowest BCUT2D eigenvalue weighted by Gasteiger charge is -2.17. The number of halogens is 1. The van der Waals surface area contributed by atoms with Crippen molar-refractivity contribution in [3.63, 3.8) is 0 Å². The van der Waals surface area contributed by atoms with Crippen LogP contribution in [0.25, 0.3) is 0 Å². The third kappa shape index (κ3) is 5.13. The average Bonchev–Trinajstić information content (AvgIpc) is 2.92. The van der Waals surface area contributed by atoms with E-state index in [0.717, 1.165) is 23.0 Å². The SMILES string of the molecule is NNC(CCC1CCCC1)CSc1cccc(F)c1. The van der Waals surface area contributed by atoms with Gasteiger partial charge >= 0.3 is 0 Å². The lowest BCUT2D eigenvalue weighted by molar-refractivity contribution is 0.428. The highest BCUT2D eigenvalue weighted by Crippen LogP contribution is 2.29. The number of thioether (sulfide) groups is 1. The van der Waals surface area contributed by atoms with Crippen molar-refractivity contribution in [3.8, 4) is 0 Å². The molecule has 1 fully saturated rings. The molecule has 106 valence electrons. The Hall–Kier alpha value is -0.580. The van der Waals surface area contributed by atoms with Gasteiger partial charge in [0, 0.05) is 16.7 Å². The molecular formula is C15H23FN2S. The summed E-state index contributed by atoms with van der Waals surface area (Å²) in [5.41, 5.74) is 2.90. The smallest absolute Gasteiger partial charge is 0.124 e. The third-order valence-electron chi connectivity index (χ3n) is 3.88. The van der Waals surface area contributed by atoms with Gasteiger partial charge in [-0.15, -0.1) is 11.8 Å². The standard InChI is InChI=1S/C15H23FN2S/c16-13-6-3-7-15(10-13)19-11-14(18-17)9-8-12-4-1-2-5-12/h3,6-7,10,12,14,18H,1-2,4-5,8-9,11,17H2. The molecule has 1 unspecified atom stereocenters. The number of hydrazine groups is 1. The van der Waals surface area contributed by atoms with Gasteiger partial charge in [-0.25, -0.2) is 4.39 Å². The van der Waals surface area contributed by atoms with Crippen LogP contribution >= 0.6 is 11.8 Å². The van der Waals surface area contributed by atoms with E-state index in [4.69, 9.17) is 5.84 Å². The number of nitrogens with one attached hydrogen (secondary N) is 1. The summed E-state index contributed by atoms with van der Waals surface area (Å²) in [6, 6.07) is 7.06. The zero-order valence-electron chi connectivity index (χ0n) is 11.3. The van der Waals surface area contributed by atoms with Gasteiger partial charge in [0.2, 0.25) is 0 Å². The molecule has 0 aromatic heterocycles. The van der Waals surface area contributed by atoms with Gasteiger partial charge in [0.25, 0.3) is 0 Å². The fourth-order valence-electron chi connectivity index (χ4n) is 2.70. The van der Waals surface area contributed by atoms with Crippen LogP contribution in [0.1, 0.15) is 38.5 Å². The minimum Gasteiger partial charge on any atom is -0.271 e. The summed E-state index contributed by atoms with van der Waals surface area (Å²) in [5.74, 6) is 7.23. The second-order valence-corrected chi connectivity index (χ2v) is 6.45. The van der Waals surface area contributed by atoms with E-state index < -0.39 is 0 Å². The van der Waals surface area contributed by atoms with Crippen LogP contribution in [0.2, 0.25) is 0 Å². The summed E-state index contributed by atoms with van der Waals surface area (Å²) in [7, 11) is 0. The van der Waals surface area contributed by atoms with Crippen LogP contribution in [-0.2, 0) is 0 Å². The minimum absolute atomic E-state index is 0.173. The van der Waals surface area contributed by atoms with Crippen molar-refractivity contribution in [2.24, 2.45) is 11.8 Å². The first-order chi connectivity index (χ1) is 9.28. The number of hydrogen-bond donors (Lipinski definition) is 2. The fourth-order valence-corrected chi connectivity index (χ4v) is 3.73. The molecule has 0 saturated heterocycles. The van der Waals surface area contributed by atoms with Crippen molar-refractivity contribution < 1.29 is 4.39 Å². The molecule has 1 saturated carbocycles. The van der Waals surface area contributed by atoms with E-state index >= 15 is 0 Å². The Morgan fingerprint density at radius 3 is 2.84 bits per heavy atom. The van der Waals surface area contributed by atoms with E-state index in [9.17, 15) is 4.39 Å². The molecule has 19 heavy (non-hydrogen) atoms. The van der Waals surface area contributed by atoms with Crippen LogP contribution < -0.4 is 11.3 Å². The van der Waals surface area contributed by atoms with Gasteiger partial charge in [-0.05, 0) is 37.0 Å². The number of rotatable bonds is 7. The second kappa shape index (κ2) is 7.88. The molecule has 1 atom stereocenters. The molecule has 0 heterocycles. The molecule has 0 bridgehead atoms. The Balaban J connectivity index is 1.72. The van der Waals surface area contributed by atoms with E-state index in [2.05, 4.69) is 5.43 Å². The maximum atomic E-state index is 13.1. The highest BCUT2D eigenvalue weighted by Gasteiger charge is 2.17. The maximum absolute atomic E-state index is 13.1. The predicted octanol–water partition coefficient (Wildman–Crippen LogP) is 3.72. The molecule has 1 aliphatic carbocycles. The zero-order valence-corrected chi connectivity index (χ0v) is 12.1. The molecule has 1 aromatic carbocycles. The normalized spacial score (nSPS) is 17.8. The Morgan fingerprint density at radius 2 is 2.16 bits per heavy atom. The Bertz CT molecular complexity index is 380. The second-order valence-electron chi connectivity index (χ2n) is 5.36. The van der Waals surface area contributed by atoms with Crippen LogP contribution in [-0.4, -0.2) is 11.8 Å². The van der Waals surface area contributed by atoms with Crippen LogP contribution in [0.4, 0.5) is 4.39 Å². The van der Waals surface area contributed by atoms with Crippen molar-refractivity contribution in [1.29, 1.82) is 0 Å². The Kier molecular flexibility index (Phi) is 6.14. The van der Waals surface area contributed by atoms with E-state index in [1.54, 1.807) is 23.9 Å². The summed E-state index contributed by atoms with van der Waals surface area (Å²) in [4.78, 5) is 0.973. The third-order valence-corrected chi connectivity index (χ3v) is 5.04. The van der Waals surface area contributed by atoms with Crippen molar-refractivity contribution >= 4 is 11.8 Å². The van der Waals surface area contributed by atoms with Gasteiger partial charge in [-0.2, -0.15) is 0 Å². The molecule has 0 aliphatic heterocycles. The van der Waals surface area contributed by atoms with Crippen LogP contribution in [0.5, 0.6) is 0 Å². The quantitative estimate of drug-likeness (QED) is 0.455. The van der Waals surface area contributed by atoms with Crippen LogP contribution in [0.15, 0.2) is 29.2 Å². The molecule has 0 radical (unpaired) electrons. The van der Waals surface area contributed by atoms with E-state index in [1.807, 2.05) is 6.07 Å². The fraction of sp³-hybridized carbons (Fsp3) is 0.600. The zero-order chi connectivity index (χ0) is 13.5. The minimum atomic E-state index is -0.173. The van der Waals surface area contributed by atoms with E-state index in [-0.39, 0.29) is 5.82 Å². The molecule has 2 nitrogen and oxygen atoms in total. The Labute approximate surface area is 119 Å². The van der Waals surface area contributed by atoms with Crippen molar-refractivity contribution in [2.75, 3.05) is 5.75 Å². The van der Waals surface area contributed by atoms with Crippen molar-refractivity contribution in [3.05, 3.63) is 30.1 Å². The van der Waals surface area contributed by atoms with Crippen molar-refractivity contribution in [1.82, 2.24) is 5.43 Å². The monoisotopic (exact) mass is 282 g/mol. The molecule has 1 aliphatic rings. The summed E-state index contributed by atoms with van der Waals surface area (Å²) in [6.07, 6.45) is 7.93. The first-order valence-corrected chi connectivity index (χ1v) is 8.11. The first kappa shape index (κ1) is 14.8. The van der Waals surface area contributed by atoms with Gasteiger partial charge < -0.3 is 0 Å². The highest BCUT2D eigenvalue weighted by molar-refractivity contribution is 7.99. The number of benzene rings is 1. The lowest BCUT2D eigenvalue weighted by atomic mass is 9.99. The van der Waals surface area contributed by atoms with Gasteiger partial charge in [0.15, 0.2) is 0 Å². The molecule has 2 rings (SSSR count). The molecule has 4 heteroatoms. The predicted molar refractivity (Wildman–Crippen MR) is 79.4 cm³/mol. The average molecular weight is 282 g/mol.